The van der Waals surface area contributed by atoms with Crippen molar-refractivity contribution in [1.29, 1.82) is 0 Å². The summed E-state index contributed by atoms with van der Waals surface area (Å²) in [6.07, 6.45) is 0. The average molecular weight is 328 g/mol. The lowest BCUT2D eigenvalue weighted by Crippen LogP contribution is -2.46. The highest BCUT2D eigenvalue weighted by Gasteiger charge is 2.14. The Bertz CT molecular complexity index is 529. The maximum Gasteiger partial charge on any atom is 0.239 e. The van der Waals surface area contributed by atoms with Crippen LogP contribution in [-0.2, 0) is 4.79 Å². The smallest absolute Gasteiger partial charge is 0.239 e. The number of hydrogen-bond donors (Lipinski definition) is 3. The maximum absolute atomic E-state index is 11.7. The molecule has 0 aliphatic rings. The Morgan fingerprint density at radius 3 is 2.43 bits per heavy atom. The number of aryl methyl sites for hydroxylation is 2. The van der Waals surface area contributed by atoms with Crippen LogP contribution in [0.1, 0.15) is 31.9 Å². The second-order valence-corrected chi connectivity index (χ2v) is 6.86. The van der Waals surface area contributed by atoms with Crippen LogP contribution < -0.4 is 16.0 Å². The van der Waals surface area contributed by atoms with E-state index in [4.69, 9.17) is 23.8 Å². The topological polar surface area (TPSA) is 53.2 Å². The third-order valence-corrected chi connectivity index (χ3v) is 3.14. The standard InChI is InChI=1S/C15H22ClN3OS/c1-9-6-10(2)13(11(16)7-9)18-14(21)17-8-12(20)19-15(3,4)5/h6-7H,8H2,1-5H3,(H,19,20)(H2,17,18,21). The van der Waals surface area contributed by atoms with Crippen molar-refractivity contribution >= 4 is 40.5 Å². The average Bonchev–Trinajstić information content (AvgIpc) is 2.29. The van der Waals surface area contributed by atoms with E-state index in [2.05, 4.69) is 16.0 Å². The first-order chi connectivity index (χ1) is 9.58. The molecule has 6 heteroatoms. The zero-order valence-electron chi connectivity index (χ0n) is 13.1. The van der Waals surface area contributed by atoms with Crippen molar-refractivity contribution in [3.63, 3.8) is 0 Å². The molecule has 0 bridgehead atoms. The van der Waals surface area contributed by atoms with Crippen LogP contribution in [0.2, 0.25) is 5.02 Å². The SMILES string of the molecule is Cc1cc(C)c(NC(=S)NCC(=O)NC(C)(C)C)c(Cl)c1. The molecule has 0 heterocycles. The van der Waals surface area contributed by atoms with Gasteiger partial charge in [-0.2, -0.15) is 0 Å². The van der Waals surface area contributed by atoms with E-state index in [1.165, 1.54) is 0 Å². The molecule has 116 valence electrons. The van der Waals surface area contributed by atoms with E-state index in [1.54, 1.807) is 0 Å². The van der Waals surface area contributed by atoms with E-state index < -0.39 is 0 Å². The van der Waals surface area contributed by atoms with Crippen molar-refractivity contribution < 1.29 is 4.79 Å². The van der Waals surface area contributed by atoms with Crippen molar-refractivity contribution in [2.24, 2.45) is 0 Å². The van der Waals surface area contributed by atoms with Gasteiger partial charge in [-0.05, 0) is 64.0 Å². The van der Waals surface area contributed by atoms with Crippen molar-refractivity contribution in [2.75, 3.05) is 11.9 Å². The Labute approximate surface area is 136 Å². The van der Waals surface area contributed by atoms with Crippen LogP contribution in [0.15, 0.2) is 12.1 Å². The summed E-state index contributed by atoms with van der Waals surface area (Å²) in [4.78, 5) is 11.7. The molecule has 0 aromatic heterocycles. The van der Waals surface area contributed by atoms with E-state index in [0.29, 0.717) is 10.1 Å². The van der Waals surface area contributed by atoms with E-state index >= 15 is 0 Å². The number of amides is 1. The molecule has 0 fully saturated rings. The van der Waals surface area contributed by atoms with Crippen LogP contribution in [-0.4, -0.2) is 23.1 Å². The van der Waals surface area contributed by atoms with Crippen molar-refractivity contribution in [1.82, 2.24) is 10.6 Å². The van der Waals surface area contributed by atoms with Gasteiger partial charge in [0.25, 0.3) is 0 Å². The van der Waals surface area contributed by atoms with Gasteiger partial charge in [0.1, 0.15) is 0 Å². The van der Waals surface area contributed by atoms with Gasteiger partial charge in [-0.15, -0.1) is 0 Å². The van der Waals surface area contributed by atoms with Crippen LogP contribution >= 0.6 is 23.8 Å². The Morgan fingerprint density at radius 2 is 1.90 bits per heavy atom. The van der Waals surface area contributed by atoms with Gasteiger partial charge in [0, 0.05) is 5.54 Å². The molecule has 4 nitrogen and oxygen atoms in total. The predicted molar refractivity (Wildman–Crippen MR) is 93.0 cm³/mol. The number of carbonyl (C=O) groups excluding carboxylic acids is 1. The number of halogens is 1. The van der Waals surface area contributed by atoms with Crippen LogP contribution in [0.4, 0.5) is 5.69 Å². The summed E-state index contributed by atoms with van der Waals surface area (Å²) in [6.45, 7) is 9.84. The summed E-state index contributed by atoms with van der Waals surface area (Å²) in [6, 6.07) is 3.88. The Balaban J connectivity index is 2.57. The second-order valence-electron chi connectivity index (χ2n) is 6.04. The minimum atomic E-state index is -0.259. The normalized spacial score (nSPS) is 11.0. The van der Waals surface area contributed by atoms with Crippen molar-refractivity contribution in [3.8, 4) is 0 Å². The maximum atomic E-state index is 11.7. The second kappa shape index (κ2) is 7.09. The molecule has 1 aromatic carbocycles. The predicted octanol–water partition coefficient (Wildman–Crippen LogP) is 3.16. The van der Waals surface area contributed by atoms with Crippen LogP contribution in [0.5, 0.6) is 0 Å². The molecule has 21 heavy (non-hydrogen) atoms. The number of hydrogen-bond acceptors (Lipinski definition) is 2. The highest BCUT2D eigenvalue weighted by molar-refractivity contribution is 7.80. The van der Waals surface area contributed by atoms with Crippen molar-refractivity contribution in [2.45, 2.75) is 40.2 Å². The highest BCUT2D eigenvalue weighted by atomic mass is 35.5. The molecule has 3 N–H and O–H groups in total. The number of nitrogens with one attached hydrogen (secondary N) is 3. The van der Waals surface area contributed by atoms with Gasteiger partial charge < -0.3 is 16.0 Å². The van der Waals surface area contributed by atoms with Crippen LogP contribution in [0.25, 0.3) is 0 Å². The third kappa shape index (κ3) is 6.31. The Kier molecular flexibility index (Phi) is 5.98. The van der Waals surface area contributed by atoms with Crippen LogP contribution in [0.3, 0.4) is 0 Å². The number of thiocarbonyl (C=S) groups is 1. The minimum Gasteiger partial charge on any atom is -0.353 e. The van der Waals surface area contributed by atoms with Crippen LogP contribution in [0, 0.1) is 13.8 Å². The first-order valence-corrected chi connectivity index (χ1v) is 7.50. The lowest BCUT2D eigenvalue weighted by atomic mass is 10.1. The van der Waals surface area contributed by atoms with Gasteiger partial charge in [0.15, 0.2) is 5.11 Å². The lowest BCUT2D eigenvalue weighted by molar-refractivity contribution is -0.121. The van der Waals surface area contributed by atoms with Gasteiger partial charge in [0.2, 0.25) is 5.91 Å². The molecule has 0 saturated carbocycles. The first kappa shape index (κ1) is 17.7. The fourth-order valence-corrected chi connectivity index (χ4v) is 2.40. The van der Waals surface area contributed by atoms with Gasteiger partial charge in [-0.25, -0.2) is 0 Å². The summed E-state index contributed by atoms with van der Waals surface area (Å²) in [5.74, 6) is -0.113. The molecule has 1 rings (SSSR count). The fourth-order valence-electron chi connectivity index (χ4n) is 1.85. The monoisotopic (exact) mass is 327 g/mol. The number of rotatable bonds is 3. The zero-order chi connectivity index (χ0) is 16.2. The van der Waals surface area contributed by atoms with E-state index in [0.717, 1.165) is 16.8 Å². The number of anilines is 1. The summed E-state index contributed by atoms with van der Waals surface area (Å²) < 4.78 is 0. The molecule has 0 saturated heterocycles. The van der Waals surface area contributed by atoms with Gasteiger partial charge in [-0.1, -0.05) is 17.7 Å². The van der Waals surface area contributed by atoms with E-state index in [-0.39, 0.29) is 18.0 Å². The largest absolute Gasteiger partial charge is 0.353 e. The van der Waals surface area contributed by atoms with E-state index in [1.807, 2.05) is 46.8 Å². The van der Waals surface area contributed by atoms with Gasteiger partial charge >= 0.3 is 0 Å². The molecular formula is C15H22ClN3OS. The Morgan fingerprint density at radius 1 is 1.29 bits per heavy atom. The molecule has 0 radical (unpaired) electrons. The van der Waals surface area contributed by atoms with Gasteiger partial charge in [-0.3, -0.25) is 4.79 Å². The summed E-state index contributed by atoms with van der Waals surface area (Å²) in [7, 11) is 0. The summed E-state index contributed by atoms with van der Waals surface area (Å²) in [5, 5.41) is 9.73. The molecule has 0 spiro atoms. The summed E-state index contributed by atoms with van der Waals surface area (Å²) in [5.41, 5.74) is 2.59. The fraction of sp³-hybridized carbons (Fsp3) is 0.467. The molecule has 1 amide bonds. The third-order valence-electron chi connectivity index (χ3n) is 2.59. The first-order valence-electron chi connectivity index (χ1n) is 6.71. The minimum absolute atomic E-state index is 0.113. The Hall–Kier alpha value is -1.33. The molecule has 0 unspecified atom stereocenters. The lowest BCUT2D eigenvalue weighted by Gasteiger charge is -2.21. The molecule has 0 atom stereocenters. The molecular weight excluding hydrogens is 306 g/mol. The van der Waals surface area contributed by atoms with Crippen molar-refractivity contribution in [3.05, 3.63) is 28.3 Å². The zero-order valence-corrected chi connectivity index (χ0v) is 14.6. The number of carbonyl (C=O) groups is 1. The molecule has 0 aliphatic carbocycles. The highest BCUT2D eigenvalue weighted by Crippen LogP contribution is 2.27. The van der Waals surface area contributed by atoms with E-state index in [9.17, 15) is 4.79 Å². The molecule has 1 aromatic rings. The van der Waals surface area contributed by atoms with Gasteiger partial charge in [0.05, 0.1) is 17.3 Å². The number of benzene rings is 1. The quantitative estimate of drug-likeness (QED) is 0.746. The molecule has 0 aliphatic heterocycles. The summed E-state index contributed by atoms with van der Waals surface area (Å²) >= 11 is 11.4.